The molecule has 0 unspecified atom stereocenters. The SMILES string of the molecule is c1ccc(Nc2cccc3c2-c2ccccc2C32c3ccccc3-c3ccccc32)nc1. The summed E-state index contributed by atoms with van der Waals surface area (Å²) in [6, 6.07) is 39.2. The van der Waals surface area contributed by atoms with E-state index in [1.165, 1.54) is 44.5 Å². The zero-order chi connectivity index (χ0) is 21.1. The fourth-order valence-corrected chi connectivity index (χ4v) is 5.82. The van der Waals surface area contributed by atoms with Gasteiger partial charge in [0.2, 0.25) is 0 Å². The van der Waals surface area contributed by atoms with Gasteiger partial charge >= 0.3 is 0 Å². The third-order valence-electron chi connectivity index (χ3n) is 6.95. The first kappa shape index (κ1) is 17.5. The molecule has 32 heavy (non-hydrogen) atoms. The number of aromatic nitrogens is 1. The number of nitrogens with one attached hydrogen (secondary N) is 1. The summed E-state index contributed by atoms with van der Waals surface area (Å²) in [6.07, 6.45) is 1.82. The Balaban J connectivity index is 1.59. The van der Waals surface area contributed by atoms with E-state index in [-0.39, 0.29) is 5.41 Å². The molecule has 0 radical (unpaired) electrons. The lowest BCUT2D eigenvalue weighted by Gasteiger charge is -2.30. The van der Waals surface area contributed by atoms with E-state index in [1.54, 1.807) is 0 Å². The van der Waals surface area contributed by atoms with E-state index in [0.29, 0.717) is 0 Å². The summed E-state index contributed by atoms with van der Waals surface area (Å²) in [5.74, 6) is 0.853. The minimum absolute atomic E-state index is 0.305. The zero-order valence-electron chi connectivity index (χ0n) is 17.4. The van der Waals surface area contributed by atoms with Crippen LogP contribution in [0.2, 0.25) is 0 Å². The average Bonchev–Trinajstić information content (AvgIpc) is 3.33. The largest absolute Gasteiger partial charge is 0.340 e. The molecule has 150 valence electrons. The Bertz CT molecular complexity index is 1460. The second-order valence-corrected chi connectivity index (χ2v) is 8.45. The van der Waals surface area contributed by atoms with Crippen molar-refractivity contribution in [1.29, 1.82) is 0 Å². The Morgan fingerprint density at radius 2 is 1.06 bits per heavy atom. The van der Waals surface area contributed by atoms with Crippen LogP contribution in [0.4, 0.5) is 11.5 Å². The molecule has 0 bridgehead atoms. The van der Waals surface area contributed by atoms with Gasteiger partial charge in [-0.2, -0.15) is 0 Å². The van der Waals surface area contributed by atoms with E-state index in [9.17, 15) is 0 Å². The minimum atomic E-state index is -0.305. The highest BCUT2D eigenvalue weighted by Crippen LogP contribution is 2.63. The maximum absolute atomic E-state index is 4.51. The van der Waals surface area contributed by atoms with Crippen LogP contribution in [0.5, 0.6) is 0 Å². The predicted octanol–water partition coefficient (Wildman–Crippen LogP) is 7.17. The van der Waals surface area contributed by atoms with Crippen molar-refractivity contribution in [3.8, 4) is 22.3 Å². The number of nitrogens with zero attached hydrogens (tertiary/aromatic N) is 1. The topological polar surface area (TPSA) is 24.9 Å². The molecule has 4 aromatic carbocycles. The summed E-state index contributed by atoms with van der Waals surface area (Å²) in [5.41, 5.74) is 11.4. The third kappa shape index (κ3) is 2.11. The van der Waals surface area contributed by atoms with Crippen molar-refractivity contribution < 1.29 is 0 Å². The number of anilines is 2. The first-order valence-electron chi connectivity index (χ1n) is 11.0. The molecule has 1 N–H and O–H groups in total. The lowest BCUT2D eigenvalue weighted by Crippen LogP contribution is -2.25. The van der Waals surface area contributed by atoms with Crippen LogP contribution < -0.4 is 5.32 Å². The molecule has 1 aromatic heterocycles. The van der Waals surface area contributed by atoms with Crippen LogP contribution in [0, 0.1) is 0 Å². The van der Waals surface area contributed by atoms with Crippen LogP contribution in [0.3, 0.4) is 0 Å². The molecule has 2 aliphatic carbocycles. The van der Waals surface area contributed by atoms with Crippen LogP contribution in [0.15, 0.2) is 115 Å². The fourth-order valence-electron chi connectivity index (χ4n) is 5.82. The van der Waals surface area contributed by atoms with Crippen molar-refractivity contribution in [2.45, 2.75) is 5.41 Å². The van der Waals surface area contributed by atoms with Crippen molar-refractivity contribution >= 4 is 11.5 Å². The van der Waals surface area contributed by atoms with E-state index in [2.05, 4.69) is 101 Å². The highest BCUT2D eigenvalue weighted by Gasteiger charge is 2.51. The lowest BCUT2D eigenvalue weighted by molar-refractivity contribution is 0.794. The van der Waals surface area contributed by atoms with Gasteiger partial charge in [0.05, 0.1) is 5.41 Å². The molecule has 0 saturated heterocycles. The van der Waals surface area contributed by atoms with Gasteiger partial charge in [-0.25, -0.2) is 4.98 Å². The molecule has 7 rings (SSSR count). The van der Waals surface area contributed by atoms with E-state index < -0.39 is 0 Å². The Kier molecular flexibility index (Phi) is 3.51. The van der Waals surface area contributed by atoms with Crippen LogP contribution in [-0.2, 0) is 5.41 Å². The molecule has 2 heteroatoms. The standard InChI is InChI=1S/C30H20N2/c1-4-13-23-20(10-1)21-11-2-5-14-24(21)30(23)25-15-6-3-12-22(25)29-26(30)16-9-17-27(29)32-28-18-7-8-19-31-28/h1-19H,(H,31,32). The van der Waals surface area contributed by atoms with Gasteiger partial charge in [-0.15, -0.1) is 0 Å². The molecular formula is C30H20N2. The summed E-state index contributed by atoms with van der Waals surface area (Å²) < 4.78 is 0. The maximum Gasteiger partial charge on any atom is 0.130 e. The van der Waals surface area contributed by atoms with Gasteiger partial charge in [-0.3, -0.25) is 0 Å². The Morgan fingerprint density at radius 3 is 1.72 bits per heavy atom. The number of fused-ring (bicyclic) bond motifs is 10. The lowest BCUT2D eigenvalue weighted by atomic mass is 9.70. The fraction of sp³-hybridized carbons (Fsp3) is 0.0333. The van der Waals surface area contributed by atoms with Crippen LogP contribution in [0.1, 0.15) is 22.3 Å². The molecule has 2 aliphatic rings. The predicted molar refractivity (Wildman–Crippen MR) is 130 cm³/mol. The summed E-state index contributed by atoms with van der Waals surface area (Å²) in [4.78, 5) is 4.51. The molecule has 0 amide bonds. The maximum atomic E-state index is 4.51. The molecule has 5 aromatic rings. The smallest absolute Gasteiger partial charge is 0.130 e. The van der Waals surface area contributed by atoms with Crippen molar-refractivity contribution in [2.75, 3.05) is 5.32 Å². The number of rotatable bonds is 2. The number of hydrogen-bond donors (Lipinski definition) is 1. The normalized spacial score (nSPS) is 13.9. The molecule has 0 fully saturated rings. The van der Waals surface area contributed by atoms with Gasteiger partial charge in [0.25, 0.3) is 0 Å². The number of benzene rings is 4. The van der Waals surface area contributed by atoms with Gasteiger partial charge < -0.3 is 5.32 Å². The quantitative estimate of drug-likeness (QED) is 0.328. The molecule has 0 saturated carbocycles. The zero-order valence-corrected chi connectivity index (χ0v) is 17.4. The van der Waals surface area contributed by atoms with Crippen molar-refractivity contribution in [2.24, 2.45) is 0 Å². The Labute approximate surface area is 187 Å². The van der Waals surface area contributed by atoms with E-state index in [4.69, 9.17) is 0 Å². The molecule has 0 aliphatic heterocycles. The number of pyridine rings is 1. The summed E-state index contributed by atoms with van der Waals surface area (Å²) >= 11 is 0. The highest BCUT2D eigenvalue weighted by atomic mass is 15.0. The van der Waals surface area contributed by atoms with E-state index >= 15 is 0 Å². The Hall–Kier alpha value is -4.17. The third-order valence-corrected chi connectivity index (χ3v) is 6.95. The minimum Gasteiger partial charge on any atom is -0.340 e. The van der Waals surface area contributed by atoms with Gasteiger partial charge in [0.1, 0.15) is 5.82 Å². The van der Waals surface area contributed by atoms with Crippen LogP contribution in [0.25, 0.3) is 22.3 Å². The first-order chi connectivity index (χ1) is 15.9. The van der Waals surface area contributed by atoms with Crippen LogP contribution in [-0.4, -0.2) is 4.98 Å². The molecule has 2 nitrogen and oxygen atoms in total. The van der Waals surface area contributed by atoms with Gasteiger partial charge in [0, 0.05) is 17.4 Å². The second kappa shape index (κ2) is 6.41. The summed E-state index contributed by atoms with van der Waals surface area (Å²) in [6.45, 7) is 0. The van der Waals surface area contributed by atoms with Crippen LogP contribution >= 0.6 is 0 Å². The summed E-state index contributed by atoms with van der Waals surface area (Å²) in [5, 5.41) is 3.59. The first-order valence-corrected chi connectivity index (χ1v) is 11.0. The molecule has 1 spiro atoms. The van der Waals surface area contributed by atoms with Crippen molar-refractivity contribution in [3.63, 3.8) is 0 Å². The average molecular weight is 409 g/mol. The van der Waals surface area contributed by atoms with E-state index in [0.717, 1.165) is 11.5 Å². The monoisotopic (exact) mass is 408 g/mol. The molecule has 0 atom stereocenters. The molecule has 1 heterocycles. The Morgan fingerprint density at radius 1 is 0.500 bits per heavy atom. The van der Waals surface area contributed by atoms with Crippen molar-refractivity contribution in [1.82, 2.24) is 4.98 Å². The number of hydrogen-bond acceptors (Lipinski definition) is 2. The highest BCUT2D eigenvalue weighted by molar-refractivity contribution is 5.99. The molecular weight excluding hydrogens is 388 g/mol. The second-order valence-electron chi connectivity index (χ2n) is 8.45. The van der Waals surface area contributed by atoms with Gasteiger partial charge in [-0.1, -0.05) is 91.0 Å². The van der Waals surface area contributed by atoms with E-state index in [1.807, 2.05) is 24.4 Å². The van der Waals surface area contributed by atoms with Crippen molar-refractivity contribution in [3.05, 3.63) is 138 Å². The summed E-state index contributed by atoms with van der Waals surface area (Å²) in [7, 11) is 0. The van der Waals surface area contributed by atoms with Gasteiger partial charge in [-0.05, 0) is 57.1 Å². The van der Waals surface area contributed by atoms with Gasteiger partial charge in [0.15, 0.2) is 0 Å².